The smallest absolute Gasteiger partial charge is 0.260 e. The molecule has 2 aromatic rings. The number of halogens is 1. The third-order valence-corrected chi connectivity index (χ3v) is 6.38. The number of amides is 2. The zero-order valence-corrected chi connectivity index (χ0v) is 17.7. The van der Waals surface area contributed by atoms with Crippen LogP contribution in [0.15, 0.2) is 48.5 Å². The molecule has 4 rings (SSSR count). The van der Waals surface area contributed by atoms with Gasteiger partial charge in [0.15, 0.2) is 0 Å². The maximum Gasteiger partial charge on any atom is 0.260 e. The van der Waals surface area contributed by atoms with E-state index in [9.17, 15) is 9.59 Å². The lowest BCUT2D eigenvalue weighted by Crippen LogP contribution is -2.55. The molecule has 29 heavy (non-hydrogen) atoms. The molecule has 0 spiro atoms. The van der Waals surface area contributed by atoms with Crippen LogP contribution < -0.4 is 4.90 Å². The summed E-state index contributed by atoms with van der Waals surface area (Å²) < 4.78 is 0. The fraction of sp³-hybridized carbons (Fsp3) is 0.391. The normalized spacial score (nSPS) is 19.4. The average molecular weight is 412 g/mol. The highest BCUT2D eigenvalue weighted by molar-refractivity contribution is 6.33. The van der Waals surface area contributed by atoms with Gasteiger partial charge in [0.1, 0.15) is 0 Å². The lowest BCUT2D eigenvalue weighted by atomic mass is 9.77. The SMILES string of the molecule is CC1(C)C(=O)N(CCN2CCN(c3ccccc3Cl)CC2)C(=O)c2ccccc21. The maximum atomic E-state index is 13.0. The summed E-state index contributed by atoms with van der Waals surface area (Å²) in [5, 5.41) is 0.770. The first-order chi connectivity index (χ1) is 13.9. The Balaban J connectivity index is 1.39. The number of hydrogen-bond acceptors (Lipinski definition) is 4. The van der Waals surface area contributed by atoms with Gasteiger partial charge in [-0.2, -0.15) is 0 Å². The lowest BCUT2D eigenvalue weighted by Gasteiger charge is -2.40. The highest BCUT2D eigenvalue weighted by Crippen LogP contribution is 2.34. The quantitative estimate of drug-likeness (QED) is 0.723. The Hall–Kier alpha value is -2.37. The number of nitrogens with zero attached hydrogens (tertiary/aromatic N) is 3. The largest absolute Gasteiger partial charge is 0.368 e. The summed E-state index contributed by atoms with van der Waals surface area (Å²) in [5.74, 6) is -0.296. The zero-order valence-electron chi connectivity index (χ0n) is 16.9. The molecular formula is C23H26ClN3O2. The van der Waals surface area contributed by atoms with Gasteiger partial charge in [0.25, 0.3) is 5.91 Å². The molecule has 0 saturated carbocycles. The minimum atomic E-state index is -0.687. The molecule has 0 atom stereocenters. The second-order valence-electron chi connectivity index (χ2n) is 8.21. The van der Waals surface area contributed by atoms with E-state index in [1.165, 1.54) is 4.90 Å². The molecule has 0 aliphatic carbocycles. The molecule has 2 aliphatic heterocycles. The van der Waals surface area contributed by atoms with E-state index < -0.39 is 5.41 Å². The van der Waals surface area contributed by atoms with Crippen molar-refractivity contribution in [2.45, 2.75) is 19.3 Å². The van der Waals surface area contributed by atoms with E-state index in [4.69, 9.17) is 11.6 Å². The second kappa shape index (κ2) is 7.81. The summed E-state index contributed by atoms with van der Waals surface area (Å²) in [7, 11) is 0. The molecule has 5 nitrogen and oxygen atoms in total. The number of carbonyl (C=O) groups excluding carboxylic acids is 2. The number of carbonyl (C=O) groups is 2. The van der Waals surface area contributed by atoms with Crippen molar-refractivity contribution in [3.05, 3.63) is 64.7 Å². The number of benzene rings is 2. The molecule has 152 valence electrons. The van der Waals surface area contributed by atoms with Crippen molar-refractivity contribution in [2.75, 3.05) is 44.2 Å². The molecule has 0 unspecified atom stereocenters. The van der Waals surface area contributed by atoms with Gasteiger partial charge in [0.05, 0.1) is 16.1 Å². The van der Waals surface area contributed by atoms with Gasteiger partial charge in [-0.25, -0.2) is 0 Å². The van der Waals surface area contributed by atoms with Crippen LogP contribution in [-0.2, 0) is 10.2 Å². The number of fused-ring (bicyclic) bond motifs is 1. The summed E-state index contributed by atoms with van der Waals surface area (Å²) in [6.07, 6.45) is 0. The van der Waals surface area contributed by atoms with Crippen molar-refractivity contribution in [1.29, 1.82) is 0 Å². The second-order valence-corrected chi connectivity index (χ2v) is 8.62. The van der Waals surface area contributed by atoms with Crippen LogP contribution in [0.1, 0.15) is 29.8 Å². The Morgan fingerprint density at radius 3 is 2.28 bits per heavy atom. The standard InChI is InChI=1S/C23H26ClN3O2/c1-23(2)18-8-4-3-7-17(18)21(28)27(22(23)29)16-13-25-11-14-26(15-12-25)20-10-6-5-9-19(20)24/h3-10H,11-16H2,1-2H3. The van der Waals surface area contributed by atoms with E-state index in [0.717, 1.165) is 42.5 Å². The minimum Gasteiger partial charge on any atom is -0.368 e. The zero-order chi connectivity index (χ0) is 20.6. The van der Waals surface area contributed by atoms with Gasteiger partial charge in [-0.3, -0.25) is 19.4 Å². The Morgan fingerprint density at radius 1 is 0.897 bits per heavy atom. The molecule has 1 fully saturated rings. The van der Waals surface area contributed by atoms with Crippen molar-refractivity contribution in [3.63, 3.8) is 0 Å². The average Bonchev–Trinajstić information content (AvgIpc) is 2.73. The summed E-state index contributed by atoms with van der Waals surface area (Å²) in [5.41, 5.74) is 1.83. The number of hydrogen-bond donors (Lipinski definition) is 0. The molecule has 0 aromatic heterocycles. The van der Waals surface area contributed by atoms with E-state index >= 15 is 0 Å². The van der Waals surface area contributed by atoms with E-state index in [1.54, 1.807) is 0 Å². The first-order valence-corrected chi connectivity index (χ1v) is 10.4. The molecule has 2 heterocycles. The van der Waals surface area contributed by atoms with Crippen LogP contribution >= 0.6 is 11.6 Å². The predicted octanol–water partition coefficient (Wildman–Crippen LogP) is 3.42. The summed E-state index contributed by atoms with van der Waals surface area (Å²) in [4.78, 5) is 32.0. The fourth-order valence-corrected chi connectivity index (χ4v) is 4.53. The van der Waals surface area contributed by atoms with Crippen molar-refractivity contribution < 1.29 is 9.59 Å². The molecule has 0 bridgehead atoms. The Kier molecular flexibility index (Phi) is 5.36. The van der Waals surface area contributed by atoms with Crippen LogP contribution in [0.3, 0.4) is 0 Å². The Bertz CT molecular complexity index is 935. The van der Waals surface area contributed by atoms with Crippen molar-refractivity contribution in [2.24, 2.45) is 0 Å². The number of rotatable bonds is 4. The van der Waals surface area contributed by atoms with Gasteiger partial charge in [-0.05, 0) is 37.6 Å². The minimum absolute atomic E-state index is 0.115. The molecular weight excluding hydrogens is 386 g/mol. The molecule has 2 aliphatic rings. The van der Waals surface area contributed by atoms with Gasteiger partial charge < -0.3 is 4.90 Å². The topological polar surface area (TPSA) is 43.9 Å². The number of piperazine rings is 1. The monoisotopic (exact) mass is 411 g/mol. The Morgan fingerprint density at radius 2 is 1.55 bits per heavy atom. The van der Waals surface area contributed by atoms with Crippen LogP contribution in [0, 0.1) is 0 Å². The van der Waals surface area contributed by atoms with Crippen LogP contribution in [0.4, 0.5) is 5.69 Å². The summed E-state index contributed by atoms with van der Waals surface area (Å²) >= 11 is 6.32. The van der Waals surface area contributed by atoms with Crippen molar-refractivity contribution >= 4 is 29.1 Å². The van der Waals surface area contributed by atoms with E-state index in [1.807, 2.05) is 62.4 Å². The molecule has 2 amide bonds. The third kappa shape index (κ3) is 3.65. The van der Waals surface area contributed by atoms with E-state index in [-0.39, 0.29) is 11.8 Å². The molecule has 2 aromatic carbocycles. The van der Waals surface area contributed by atoms with Crippen LogP contribution in [0.5, 0.6) is 0 Å². The highest BCUT2D eigenvalue weighted by Gasteiger charge is 2.44. The predicted molar refractivity (Wildman–Crippen MR) is 116 cm³/mol. The number of anilines is 1. The third-order valence-electron chi connectivity index (χ3n) is 6.06. The van der Waals surface area contributed by atoms with E-state index in [2.05, 4.69) is 9.80 Å². The first kappa shape index (κ1) is 19.9. The fourth-order valence-electron chi connectivity index (χ4n) is 4.27. The van der Waals surface area contributed by atoms with Crippen LogP contribution in [0.25, 0.3) is 0 Å². The summed E-state index contributed by atoms with van der Waals surface area (Å²) in [6, 6.07) is 15.3. The number of para-hydroxylation sites is 1. The lowest BCUT2D eigenvalue weighted by molar-refractivity contribution is -0.134. The van der Waals surface area contributed by atoms with Gasteiger partial charge in [-0.1, -0.05) is 41.9 Å². The van der Waals surface area contributed by atoms with E-state index in [0.29, 0.717) is 18.7 Å². The van der Waals surface area contributed by atoms with Crippen LogP contribution in [0.2, 0.25) is 5.02 Å². The van der Waals surface area contributed by atoms with Gasteiger partial charge in [0, 0.05) is 44.8 Å². The highest BCUT2D eigenvalue weighted by atomic mass is 35.5. The van der Waals surface area contributed by atoms with Gasteiger partial charge in [-0.15, -0.1) is 0 Å². The maximum absolute atomic E-state index is 13.0. The van der Waals surface area contributed by atoms with Crippen molar-refractivity contribution in [3.8, 4) is 0 Å². The van der Waals surface area contributed by atoms with Gasteiger partial charge in [0.2, 0.25) is 5.91 Å². The molecule has 0 N–H and O–H groups in total. The number of imide groups is 1. The molecule has 6 heteroatoms. The summed E-state index contributed by atoms with van der Waals surface area (Å²) in [6.45, 7) is 8.41. The first-order valence-electron chi connectivity index (χ1n) is 10.1. The van der Waals surface area contributed by atoms with Crippen LogP contribution in [-0.4, -0.2) is 60.9 Å². The molecule has 0 radical (unpaired) electrons. The Labute approximate surface area is 176 Å². The molecule has 1 saturated heterocycles. The van der Waals surface area contributed by atoms with Crippen molar-refractivity contribution in [1.82, 2.24) is 9.80 Å². The van der Waals surface area contributed by atoms with Gasteiger partial charge >= 0.3 is 0 Å².